The maximum absolute atomic E-state index is 13.1. The summed E-state index contributed by atoms with van der Waals surface area (Å²) in [5.41, 5.74) is 0.999. The molecule has 4 aromatic rings. The van der Waals surface area contributed by atoms with Crippen LogP contribution in [0, 0.1) is 6.92 Å². The lowest BCUT2D eigenvalue weighted by Gasteiger charge is -2.11. The summed E-state index contributed by atoms with van der Waals surface area (Å²) in [5, 5.41) is 13.3. The highest BCUT2D eigenvalue weighted by atomic mass is 19.4. The second kappa shape index (κ2) is 11.5. The molecule has 0 bridgehead atoms. The Bertz CT molecular complexity index is 1430. The first-order chi connectivity index (χ1) is 18.5. The van der Waals surface area contributed by atoms with E-state index in [1.807, 2.05) is 13.8 Å². The number of carboxylic acid groups (broad SMARTS) is 1. The second-order valence-electron chi connectivity index (χ2n) is 8.90. The summed E-state index contributed by atoms with van der Waals surface area (Å²) in [5.74, 6) is 1.13. The van der Waals surface area contributed by atoms with Gasteiger partial charge in [-0.05, 0) is 80.9 Å². The van der Waals surface area contributed by atoms with E-state index in [0.29, 0.717) is 45.7 Å². The number of nitrogens with zero attached hydrogens (tertiary/aromatic N) is 3. The van der Waals surface area contributed by atoms with E-state index in [2.05, 4.69) is 10.1 Å². The molecule has 11 heteroatoms. The first kappa shape index (κ1) is 27.5. The van der Waals surface area contributed by atoms with Crippen LogP contribution in [-0.4, -0.2) is 38.6 Å². The molecule has 1 aromatic heterocycles. The molecule has 1 heterocycles. The monoisotopic (exact) mass is 541 g/mol. The molecule has 0 fully saturated rings. The van der Waals surface area contributed by atoms with E-state index in [1.165, 1.54) is 16.8 Å². The van der Waals surface area contributed by atoms with E-state index in [9.17, 15) is 18.0 Å². The normalized spacial score (nSPS) is 11.5. The van der Waals surface area contributed by atoms with Crippen LogP contribution in [0.25, 0.3) is 17.1 Å². The number of alkyl halides is 3. The minimum absolute atomic E-state index is 0.00452. The average Bonchev–Trinajstić information content (AvgIpc) is 3.31. The third-order valence-electron chi connectivity index (χ3n) is 5.44. The van der Waals surface area contributed by atoms with Crippen molar-refractivity contribution in [3.63, 3.8) is 0 Å². The van der Waals surface area contributed by atoms with Crippen LogP contribution >= 0.6 is 0 Å². The van der Waals surface area contributed by atoms with Gasteiger partial charge in [-0.15, -0.1) is 5.10 Å². The van der Waals surface area contributed by atoms with Crippen molar-refractivity contribution in [2.45, 2.75) is 39.7 Å². The third-order valence-corrected chi connectivity index (χ3v) is 5.44. The molecular weight excluding hydrogens is 515 g/mol. The highest BCUT2D eigenvalue weighted by molar-refractivity contribution is 5.68. The third kappa shape index (κ3) is 7.07. The molecule has 0 saturated carbocycles. The quantitative estimate of drug-likeness (QED) is 0.260. The Labute approximate surface area is 222 Å². The zero-order valence-electron chi connectivity index (χ0n) is 21.4. The Balaban J connectivity index is 1.61. The fourth-order valence-corrected chi connectivity index (χ4v) is 3.69. The smallest absolute Gasteiger partial charge is 0.416 e. The summed E-state index contributed by atoms with van der Waals surface area (Å²) in [6.07, 6.45) is -4.46. The predicted octanol–water partition coefficient (Wildman–Crippen LogP) is 6.09. The lowest BCUT2D eigenvalue weighted by molar-refractivity contribution is -0.139. The van der Waals surface area contributed by atoms with Crippen LogP contribution < -0.4 is 14.2 Å². The molecule has 0 radical (unpaired) electrons. The number of hydrogen-bond acceptors (Lipinski definition) is 6. The van der Waals surface area contributed by atoms with Crippen LogP contribution in [0.5, 0.6) is 17.2 Å². The van der Waals surface area contributed by atoms with Crippen molar-refractivity contribution >= 4 is 5.97 Å². The van der Waals surface area contributed by atoms with E-state index in [0.717, 1.165) is 12.1 Å². The van der Waals surface area contributed by atoms with Gasteiger partial charge in [-0.2, -0.15) is 13.2 Å². The molecule has 3 aromatic carbocycles. The number of aryl methyl sites for hydroxylation is 1. The molecule has 0 atom stereocenters. The fourth-order valence-electron chi connectivity index (χ4n) is 3.69. The van der Waals surface area contributed by atoms with Crippen LogP contribution in [0.1, 0.15) is 30.8 Å². The van der Waals surface area contributed by atoms with Gasteiger partial charge in [0.05, 0.1) is 17.4 Å². The van der Waals surface area contributed by atoms with Crippen LogP contribution in [-0.2, 0) is 17.6 Å². The van der Waals surface area contributed by atoms with E-state index in [4.69, 9.17) is 19.3 Å². The summed E-state index contributed by atoms with van der Waals surface area (Å²) in [6, 6.07) is 16.8. The summed E-state index contributed by atoms with van der Waals surface area (Å²) < 4.78 is 57.6. The molecule has 0 spiro atoms. The van der Waals surface area contributed by atoms with Crippen molar-refractivity contribution in [3.05, 3.63) is 83.7 Å². The lowest BCUT2D eigenvalue weighted by Crippen LogP contribution is -2.10. The second-order valence-corrected chi connectivity index (χ2v) is 8.90. The van der Waals surface area contributed by atoms with Crippen molar-refractivity contribution < 1.29 is 37.3 Å². The van der Waals surface area contributed by atoms with Gasteiger partial charge in [-0.3, -0.25) is 0 Å². The molecule has 0 unspecified atom stereocenters. The molecule has 0 aliphatic carbocycles. The van der Waals surface area contributed by atoms with Gasteiger partial charge >= 0.3 is 12.1 Å². The number of benzene rings is 3. The van der Waals surface area contributed by atoms with Crippen LogP contribution in [0.15, 0.2) is 66.7 Å². The van der Waals surface area contributed by atoms with Crippen molar-refractivity contribution in [3.8, 4) is 34.3 Å². The topological polar surface area (TPSA) is 95.7 Å². The minimum atomic E-state index is -4.45. The Morgan fingerprint density at radius 3 is 2.23 bits per heavy atom. The maximum atomic E-state index is 13.1. The maximum Gasteiger partial charge on any atom is 0.416 e. The van der Waals surface area contributed by atoms with Crippen LogP contribution in [0.3, 0.4) is 0 Å². The first-order valence-electron chi connectivity index (χ1n) is 12.0. The number of hydrogen-bond donors (Lipinski definition) is 1. The molecule has 0 saturated heterocycles. The van der Waals surface area contributed by atoms with Gasteiger partial charge in [0.15, 0.2) is 18.3 Å². The number of rotatable bonds is 10. The molecule has 4 rings (SSSR count). The Morgan fingerprint density at radius 2 is 1.64 bits per heavy atom. The SMILES string of the molecule is Cc1cc(OCc2nc(-c3ccc(C(F)(F)F)cc3)n(-c3ccc(OC(C)C)cc3)n2)ccc1OCC(=O)O. The summed E-state index contributed by atoms with van der Waals surface area (Å²) >= 11 is 0. The molecule has 0 aliphatic rings. The van der Waals surface area contributed by atoms with Crippen molar-refractivity contribution in [2.75, 3.05) is 6.61 Å². The van der Waals surface area contributed by atoms with E-state index < -0.39 is 24.3 Å². The largest absolute Gasteiger partial charge is 0.491 e. The lowest BCUT2D eigenvalue weighted by atomic mass is 10.1. The highest BCUT2D eigenvalue weighted by Crippen LogP contribution is 2.31. The zero-order chi connectivity index (χ0) is 28.2. The Kier molecular flexibility index (Phi) is 8.08. The summed E-state index contributed by atoms with van der Waals surface area (Å²) in [7, 11) is 0. The van der Waals surface area contributed by atoms with E-state index in [-0.39, 0.29) is 12.7 Å². The number of aliphatic carboxylic acids is 1. The molecule has 8 nitrogen and oxygen atoms in total. The van der Waals surface area contributed by atoms with Gasteiger partial charge in [0.1, 0.15) is 23.9 Å². The van der Waals surface area contributed by atoms with Gasteiger partial charge < -0.3 is 19.3 Å². The van der Waals surface area contributed by atoms with E-state index >= 15 is 0 Å². The van der Waals surface area contributed by atoms with Crippen molar-refractivity contribution in [1.29, 1.82) is 0 Å². The Morgan fingerprint density at radius 1 is 0.974 bits per heavy atom. The van der Waals surface area contributed by atoms with Crippen LogP contribution in [0.4, 0.5) is 13.2 Å². The minimum Gasteiger partial charge on any atom is -0.491 e. The molecule has 204 valence electrons. The summed E-state index contributed by atoms with van der Waals surface area (Å²) in [6.45, 7) is 5.10. The van der Waals surface area contributed by atoms with Crippen LogP contribution in [0.2, 0.25) is 0 Å². The molecule has 0 amide bonds. The standard InChI is InChI=1S/C28H26F3N3O5/c1-17(2)39-22-10-8-21(9-11-22)34-27(19-4-6-20(7-5-19)28(29,30)31)32-25(33-34)15-37-23-12-13-24(18(3)14-23)38-16-26(35)36/h4-14,17H,15-16H2,1-3H3,(H,35,36). The number of ether oxygens (including phenoxy) is 3. The van der Waals surface area contributed by atoms with Gasteiger partial charge in [0.2, 0.25) is 0 Å². The molecule has 0 aliphatic heterocycles. The molecular formula is C28H26F3N3O5. The van der Waals surface area contributed by atoms with E-state index in [1.54, 1.807) is 49.4 Å². The average molecular weight is 542 g/mol. The van der Waals surface area contributed by atoms with Gasteiger partial charge in [0, 0.05) is 5.56 Å². The number of carboxylic acids is 1. The summed E-state index contributed by atoms with van der Waals surface area (Å²) in [4.78, 5) is 15.3. The van der Waals surface area contributed by atoms with Gasteiger partial charge in [-0.25, -0.2) is 14.5 Å². The van der Waals surface area contributed by atoms with Gasteiger partial charge in [0.25, 0.3) is 0 Å². The van der Waals surface area contributed by atoms with Crippen molar-refractivity contribution in [1.82, 2.24) is 14.8 Å². The molecule has 39 heavy (non-hydrogen) atoms. The first-order valence-corrected chi connectivity index (χ1v) is 12.0. The number of aromatic nitrogens is 3. The number of carbonyl (C=O) groups is 1. The molecule has 1 N–H and O–H groups in total. The number of halogens is 3. The zero-order valence-corrected chi connectivity index (χ0v) is 21.4. The highest BCUT2D eigenvalue weighted by Gasteiger charge is 2.30. The Hall–Kier alpha value is -4.54. The fraction of sp³-hybridized carbons (Fsp3) is 0.250. The predicted molar refractivity (Wildman–Crippen MR) is 136 cm³/mol. The van der Waals surface area contributed by atoms with Gasteiger partial charge in [-0.1, -0.05) is 12.1 Å². The van der Waals surface area contributed by atoms with Crippen molar-refractivity contribution in [2.24, 2.45) is 0 Å².